The molecule has 0 heterocycles. The van der Waals surface area contributed by atoms with Crippen molar-refractivity contribution in [3.05, 3.63) is 69.7 Å². The van der Waals surface area contributed by atoms with Crippen molar-refractivity contribution in [1.29, 1.82) is 0 Å². The maximum Gasteiger partial charge on any atom is 0.220 e. The molecule has 23 heavy (non-hydrogen) atoms. The summed E-state index contributed by atoms with van der Waals surface area (Å²) in [5.41, 5.74) is 2.33. The van der Waals surface area contributed by atoms with Crippen LogP contribution < -0.4 is 5.32 Å². The average molecular weight is 368 g/mol. The van der Waals surface area contributed by atoms with Gasteiger partial charge in [0.25, 0.3) is 0 Å². The summed E-state index contributed by atoms with van der Waals surface area (Å²) >= 11 is 13.6. The minimum Gasteiger partial charge on any atom is -0.355 e. The molecular weight excluding hydrogens is 349 g/mol. The molecule has 2 nitrogen and oxygen atoms in total. The van der Waals surface area contributed by atoms with Crippen molar-refractivity contribution in [3.8, 4) is 0 Å². The summed E-state index contributed by atoms with van der Waals surface area (Å²) in [5, 5.41) is 4.43. The molecule has 2 aromatic rings. The Balaban J connectivity index is 1.57. The zero-order valence-corrected chi connectivity index (χ0v) is 15.1. The Morgan fingerprint density at radius 1 is 1.00 bits per heavy atom. The van der Waals surface area contributed by atoms with Crippen LogP contribution in [0.25, 0.3) is 0 Å². The van der Waals surface area contributed by atoms with E-state index in [4.69, 9.17) is 23.2 Å². The molecule has 1 amide bonds. The lowest BCUT2D eigenvalue weighted by Gasteiger charge is -2.06. The first-order valence-corrected chi connectivity index (χ1v) is 9.38. The second-order valence-corrected chi connectivity index (χ2v) is 7.14. The zero-order valence-electron chi connectivity index (χ0n) is 12.7. The van der Waals surface area contributed by atoms with Gasteiger partial charge in [0, 0.05) is 34.5 Å². The van der Waals surface area contributed by atoms with E-state index >= 15 is 0 Å². The molecule has 0 saturated carbocycles. The molecule has 122 valence electrons. The SMILES string of the molecule is O=C(CCc1ccc(Cl)cc1)NCCSCc1cccc(Cl)c1. The second kappa shape index (κ2) is 9.86. The summed E-state index contributed by atoms with van der Waals surface area (Å²) in [6, 6.07) is 15.5. The van der Waals surface area contributed by atoms with Crippen molar-refractivity contribution in [1.82, 2.24) is 5.32 Å². The number of thioether (sulfide) groups is 1. The number of aryl methyl sites for hydroxylation is 1. The molecular formula is C18H19Cl2NOS. The predicted molar refractivity (Wildman–Crippen MR) is 100 cm³/mol. The number of carbonyl (C=O) groups is 1. The van der Waals surface area contributed by atoms with E-state index in [9.17, 15) is 4.79 Å². The van der Waals surface area contributed by atoms with Crippen LogP contribution in [-0.2, 0) is 17.0 Å². The fourth-order valence-corrected chi connectivity index (χ4v) is 3.22. The number of halogens is 2. The van der Waals surface area contributed by atoms with Crippen LogP contribution in [0.15, 0.2) is 48.5 Å². The lowest BCUT2D eigenvalue weighted by Crippen LogP contribution is -2.25. The molecule has 0 saturated heterocycles. The molecule has 0 atom stereocenters. The van der Waals surface area contributed by atoms with Gasteiger partial charge in [-0.15, -0.1) is 0 Å². The Bertz CT molecular complexity index is 631. The summed E-state index contributed by atoms with van der Waals surface area (Å²) in [6.07, 6.45) is 1.24. The topological polar surface area (TPSA) is 29.1 Å². The van der Waals surface area contributed by atoms with E-state index in [0.717, 1.165) is 33.5 Å². The van der Waals surface area contributed by atoms with Crippen LogP contribution >= 0.6 is 35.0 Å². The van der Waals surface area contributed by atoms with Crippen LogP contribution in [0.1, 0.15) is 17.5 Å². The predicted octanol–water partition coefficient (Wildman–Crippen LogP) is 4.98. The van der Waals surface area contributed by atoms with Gasteiger partial charge in [0.2, 0.25) is 5.91 Å². The highest BCUT2D eigenvalue weighted by Gasteiger charge is 2.02. The van der Waals surface area contributed by atoms with Gasteiger partial charge < -0.3 is 5.32 Å². The van der Waals surface area contributed by atoms with E-state index in [0.29, 0.717) is 13.0 Å². The van der Waals surface area contributed by atoms with Crippen LogP contribution in [0.2, 0.25) is 10.0 Å². The third kappa shape index (κ3) is 7.30. The largest absolute Gasteiger partial charge is 0.355 e. The molecule has 0 aromatic heterocycles. The lowest BCUT2D eigenvalue weighted by atomic mass is 10.1. The molecule has 0 radical (unpaired) electrons. The smallest absolute Gasteiger partial charge is 0.220 e. The second-order valence-electron chi connectivity index (χ2n) is 5.16. The van der Waals surface area contributed by atoms with Crippen LogP contribution in [0.3, 0.4) is 0 Å². The van der Waals surface area contributed by atoms with Gasteiger partial charge >= 0.3 is 0 Å². The minimum atomic E-state index is 0.0864. The maximum absolute atomic E-state index is 11.8. The maximum atomic E-state index is 11.8. The Morgan fingerprint density at radius 3 is 2.52 bits per heavy atom. The van der Waals surface area contributed by atoms with Crippen molar-refractivity contribution in [2.24, 2.45) is 0 Å². The van der Waals surface area contributed by atoms with Crippen molar-refractivity contribution < 1.29 is 4.79 Å². The van der Waals surface area contributed by atoms with Crippen molar-refractivity contribution in [3.63, 3.8) is 0 Å². The Hall–Kier alpha value is -1.16. The molecule has 0 aliphatic carbocycles. The quantitative estimate of drug-likeness (QED) is 0.666. The highest BCUT2D eigenvalue weighted by atomic mass is 35.5. The highest BCUT2D eigenvalue weighted by molar-refractivity contribution is 7.98. The number of hydrogen-bond donors (Lipinski definition) is 1. The summed E-state index contributed by atoms with van der Waals surface area (Å²) < 4.78 is 0. The number of carbonyl (C=O) groups excluding carboxylic acids is 1. The van der Waals surface area contributed by atoms with Gasteiger partial charge in [-0.1, -0.05) is 47.5 Å². The number of amides is 1. The van der Waals surface area contributed by atoms with E-state index in [-0.39, 0.29) is 5.91 Å². The van der Waals surface area contributed by atoms with Gasteiger partial charge in [-0.2, -0.15) is 11.8 Å². The van der Waals surface area contributed by atoms with Crippen LogP contribution in [0, 0.1) is 0 Å². The molecule has 0 aliphatic heterocycles. The van der Waals surface area contributed by atoms with Gasteiger partial charge in [0.15, 0.2) is 0 Å². The van der Waals surface area contributed by atoms with Gasteiger partial charge in [-0.25, -0.2) is 0 Å². The minimum absolute atomic E-state index is 0.0864. The molecule has 0 unspecified atom stereocenters. The standard InChI is InChI=1S/C18H19Cl2NOS/c19-16-7-4-14(5-8-16)6-9-18(22)21-10-11-23-13-15-2-1-3-17(20)12-15/h1-5,7-8,12H,6,9-11,13H2,(H,21,22). The molecule has 5 heteroatoms. The number of benzene rings is 2. The fourth-order valence-electron chi connectivity index (χ4n) is 2.08. The molecule has 0 bridgehead atoms. The molecule has 2 rings (SSSR count). The lowest BCUT2D eigenvalue weighted by molar-refractivity contribution is -0.120. The van der Waals surface area contributed by atoms with Crippen molar-refractivity contribution in [2.75, 3.05) is 12.3 Å². The first-order chi connectivity index (χ1) is 11.1. The van der Waals surface area contributed by atoms with Gasteiger partial charge in [-0.3, -0.25) is 4.79 Å². The van der Waals surface area contributed by atoms with E-state index in [1.807, 2.05) is 42.5 Å². The number of hydrogen-bond acceptors (Lipinski definition) is 2. The van der Waals surface area contributed by atoms with Gasteiger partial charge in [0.05, 0.1) is 0 Å². The van der Waals surface area contributed by atoms with E-state index in [1.165, 1.54) is 5.56 Å². The summed E-state index contributed by atoms with van der Waals surface area (Å²) in [4.78, 5) is 11.8. The normalized spacial score (nSPS) is 10.5. The Labute approximate surface area is 151 Å². The van der Waals surface area contributed by atoms with E-state index < -0.39 is 0 Å². The molecule has 2 aromatic carbocycles. The Kier molecular flexibility index (Phi) is 7.80. The molecule has 0 fully saturated rings. The molecule has 0 aliphatic rings. The first-order valence-electron chi connectivity index (χ1n) is 7.47. The summed E-state index contributed by atoms with van der Waals surface area (Å²) in [7, 11) is 0. The van der Waals surface area contributed by atoms with E-state index in [2.05, 4.69) is 11.4 Å². The van der Waals surface area contributed by atoms with Gasteiger partial charge in [0.1, 0.15) is 0 Å². The monoisotopic (exact) mass is 367 g/mol. The fraction of sp³-hybridized carbons (Fsp3) is 0.278. The first kappa shape index (κ1) is 18.2. The summed E-state index contributed by atoms with van der Waals surface area (Å²) in [5.74, 6) is 1.88. The average Bonchev–Trinajstić information content (AvgIpc) is 2.54. The third-order valence-corrected chi connectivity index (χ3v) is 4.80. The molecule has 0 spiro atoms. The highest BCUT2D eigenvalue weighted by Crippen LogP contribution is 2.16. The van der Waals surface area contributed by atoms with E-state index in [1.54, 1.807) is 11.8 Å². The van der Waals surface area contributed by atoms with Crippen molar-refractivity contribution in [2.45, 2.75) is 18.6 Å². The number of rotatable bonds is 8. The number of nitrogens with one attached hydrogen (secondary N) is 1. The van der Waals surface area contributed by atoms with Crippen LogP contribution in [0.5, 0.6) is 0 Å². The van der Waals surface area contributed by atoms with Crippen molar-refractivity contribution >= 4 is 40.9 Å². The van der Waals surface area contributed by atoms with Crippen LogP contribution in [-0.4, -0.2) is 18.2 Å². The van der Waals surface area contributed by atoms with Gasteiger partial charge in [-0.05, 0) is 41.8 Å². The summed E-state index contributed by atoms with van der Waals surface area (Å²) in [6.45, 7) is 0.685. The van der Waals surface area contributed by atoms with Crippen LogP contribution in [0.4, 0.5) is 0 Å². The third-order valence-electron chi connectivity index (χ3n) is 3.28. The molecule has 1 N–H and O–H groups in total. The zero-order chi connectivity index (χ0) is 16.5. The Morgan fingerprint density at radius 2 is 1.78 bits per heavy atom.